The third-order valence-corrected chi connectivity index (χ3v) is 2.74. The van der Waals surface area contributed by atoms with Gasteiger partial charge in [-0.25, -0.2) is 4.79 Å². The quantitative estimate of drug-likeness (QED) is 0.768. The molecule has 92 valence electrons. The molecule has 6 nitrogen and oxygen atoms in total. The third kappa shape index (κ3) is 2.47. The Morgan fingerprint density at radius 1 is 1.65 bits per heavy atom. The van der Waals surface area contributed by atoms with Crippen molar-refractivity contribution in [2.75, 3.05) is 31.6 Å². The van der Waals surface area contributed by atoms with Crippen LogP contribution >= 0.6 is 0 Å². The maximum Gasteiger partial charge on any atom is 0.327 e. The van der Waals surface area contributed by atoms with Crippen LogP contribution in [0.25, 0.3) is 0 Å². The van der Waals surface area contributed by atoms with Crippen LogP contribution in [0.3, 0.4) is 0 Å². The Kier molecular flexibility index (Phi) is 3.43. The average Bonchev–Trinajstić information content (AvgIpc) is 2.39. The predicted molar refractivity (Wildman–Crippen MR) is 62.4 cm³/mol. The second kappa shape index (κ2) is 5.01. The van der Waals surface area contributed by atoms with E-state index in [1.807, 2.05) is 6.07 Å². The van der Waals surface area contributed by atoms with Crippen molar-refractivity contribution in [3.05, 3.63) is 18.2 Å². The highest BCUT2D eigenvalue weighted by molar-refractivity contribution is 5.78. The summed E-state index contributed by atoms with van der Waals surface area (Å²) in [6.45, 7) is 1.80. The molecule has 1 saturated heterocycles. The van der Waals surface area contributed by atoms with E-state index in [0.29, 0.717) is 24.8 Å². The fourth-order valence-electron chi connectivity index (χ4n) is 1.88. The number of piperazine rings is 1. The van der Waals surface area contributed by atoms with Crippen molar-refractivity contribution in [1.29, 1.82) is 0 Å². The van der Waals surface area contributed by atoms with Gasteiger partial charge in [-0.1, -0.05) is 6.07 Å². The molecule has 1 fully saturated rings. The van der Waals surface area contributed by atoms with E-state index in [9.17, 15) is 4.79 Å². The Balaban J connectivity index is 2.26. The number of methoxy groups -OCH3 is 1. The van der Waals surface area contributed by atoms with Gasteiger partial charge >= 0.3 is 5.97 Å². The molecule has 1 aromatic heterocycles. The van der Waals surface area contributed by atoms with Crippen LogP contribution in [-0.4, -0.2) is 48.8 Å². The standard InChI is InChI=1S/C11H15N3O3/c1-17-10-4-2-3-9(13-10)14-6-5-12-7-8(14)11(15)16/h2-4,8,12H,5-7H2,1H3,(H,15,16). The number of aliphatic carboxylic acids is 1. The molecule has 1 atom stereocenters. The Morgan fingerprint density at radius 3 is 3.18 bits per heavy atom. The molecule has 2 heterocycles. The normalized spacial score (nSPS) is 20.1. The van der Waals surface area contributed by atoms with Crippen LogP contribution in [0.1, 0.15) is 0 Å². The highest BCUT2D eigenvalue weighted by Crippen LogP contribution is 2.19. The molecule has 0 radical (unpaired) electrons. The second-order valence-corrected chi connectivity index (χ2v) is 3.79. The van der Waals surface area contributed by atoms with E-state index in [4.69, 9.17) is 9.84 Å². The van der Waals surface area contributed by atoms with Gasteiger partial charge in [-0.2, -0.15) is 4.98 Å². The van der Waals surface area contributed by atoms with Crippen molar-refractivity contribution < 1.29 is 14.6 Å². The van der Waals surface area contributed by atoms with Crippen LogP contribution in [0.4, 0.5) is 5.82 Å². The van der Waals surface area contributed by atoms with E-state index in [2.05, 4.69) is 10.3 Å². The predicted octanol–water partition coefficient (Wildman–Crippen LogP) is -0.0470. The van der Waals surface area contributed by atoms with Crippen LogP contribution in [0, 0.1) is 0 Å². The molecule has 17 heavy (non-hydrogen) atoms. The van der Waals surface area contributed by atoms with Gasteiger partial charge in [-0.15, -0.1) is 0 Å². The number of pyridine rings is 1. The number of rotatable bonds is 3. The number of carboxylic acids is 1. The molecule has 0 saturated carbocycles. The molecule has 0 bridgehead atoms. The minimum Gasteiger partial charge on any atom is -0.481 e. The first-order valence-electron chi connectivity index (χ1n) is 5.43. The van der Waals surface area contributed by atoms with E-state index in [-0.39, 0.29) is 0 Å². The minimum absolute atomic E-state index is 0.425. The van der Waals surface area contributed by atoms with Crippen molar-refractivity contribution >= 4 is 11.8 Å². The SMILES string of the molecule is COc1cccc(N2CCNCC2C(=O)O)n1. The lowest BCUT2D eigenvalue weighted by Gasteiger charge is -2.34. The molecule has 0 spiro atoms. The molecule has 1 aliphatic rings. The van der Waals surface area contributed by atoms with E-state index < -0.39 is 12.0 Å². The van der Waals surface area contributed by atoms with Crippen molar-refractivity contribution in [1.82, 2.24) is 10.3 Å². The fourth-order valence-corrected chi connectivity index (χ4v) is 1.88. The van der Waals surface area contributed by atoms with Crippen molar-refractivity contribution in [3.8, 4) is 5.88 Å². The number of nitrogens with one attached hydrogen (secondary N) is 1. The van der Waals surface area contributed by atoms with Crippen molar-refractivity contribution in [2.45, 2.75) is 6.04 Å². The lowest BCUT2D eigenvalue weighted by atomic mass is 10.2. The molecular formula is C11H15N3O3. The Morgan fingerprint density at radius 2 is 2.47 bits per heavy atom. The number of ether oxygens (including phenoxy) is 1. The molecule has 6 heteroatoms. The molecule has 2 rings (SSSR count). The van der Waals surface area contributed by atoms with Gasteiger partial charge in [0.25, 0.3) is 0 Å². The Labute approximate surface area is 99.2 Å². The number of hydrogen-bond acceptors (Lipinski definition) is 5. The molecule has 1 aromatic rings. The largest absolute Gasteiger partial charge is 0.481 e. The van der Waals surface area contributed by atoms with Crippen LogP contribution in [0.2, 0.25) is 0 Å². The summed E-state index contributed by atoms with van der Waals surface area (Å²) >= 11 is 0. The zero-order chi connectivity index (χ0) is 12.3. The Bertz CT molecular complexity index is 411. The van der Waals surface area contributed by atoms with E-state index in [1.54, 1.807) is 24.1 Å². The number of hydrogen-bond donors (Lipinski definition) is 2. The highest BCUT2D eigenvalue weighted by Gasteiger charge is 2.29. The van der Waals surface area contributed by atoms with Crippen LogP contribution < -0.4 is 15.0 Å². The molecule has 2 N–H and O–H groups in total. The molecule has 0 aromatic carbocycles. The summed E-state index contributed by atoms with van der Waals surface area (Å²) in [5, 5.41) is 12.2. The average molecular weight is 237 g/mol. The Hall–Kier alpha value is -1.82. The van der Waals surface area contributed by atoms with Gasteiger partial charge in [0.05, 0.1) is 7.11 Å². The van der Waals surface area contributed by atoms with Crippen LogP contribution in [0.15, 0.2) is 18.2 Å². The van der Waals surface area contributed by atoms with Gasteiger partial charge in [0.2, 0.25) is 5.88 Å². The van der Waals surface area contributed by atoms with Gasteiger partial charge in [0.15, 0.2) is 0 Å². The zero-order valence-corrected chi connectivity index (χ0v) is 9.59. The lowest BCUT2D eigenvalue weighted by Crippen LogP contribution is -2.55. The first kappa shape index (κ1) is 11.7. The van der Waals surface area contributed by atoms with Crippen LogP contribution in [0.5, 0.6) is 5.88 Å². The molecule has 0 amide bonds. The zero-order valence-electron chi connectivity index (χ0n) is 9.59. The lowest BCUT2D eigenvalue weighted by molar-refractivity contribution is -0.138. The monoisotopic (exact) mass is 237 g/mol. The molecule has 0 aliphatic carbocycles. The van der Waals surface area contributed by atoms with Gasteiger partial charge in [0.1, 0.15) is 11.9 Å². The molecule has 1 aliphatic heterocycles. The summed E-state index contributed by atoms with van der Waals surface area (Å²) in [7, 11) is 1.54. The number of aromatic nitrogens is 1. The highest BCUT2D eigenvalue weighted by atomic mass is 16.5. The number of nitrogens with zero attached hydrogens (tertiary/aromatic N) is 2. The topological polar surface area (TPSA) is 74.7 Å². The summed E-state index contributed by atoms with van der Waals surface area (Å²) in [5.41, 5.74) is 0. The minimum atomic E-state index is -0.846. The van der Waals surface area contributed by atoms with Gasteiger partial charge < -0.3 is 20.1 Å². The van der Waals surface area contributed by atoms with Crippen LogP contribution in [-0.2, 0) is 4.79 Å². The number of carbonyl (C=O) groups is 1. The van der Waals surface area contributed by atoms with Crippen molar-refractivity contribution in [3.63, 3.8) is 0 Å². The first-order valence-corrected chi connectivity index (χ1v) is 5.43. The van der Waals surface area contributed by atoms with E-state index >= 15 is 0 Å². The first-order chi connectivity index (χ1) is 8.22. The smallest absolute Gasteiger partial charge is 0.327 e. The third-order valence-electron chi connectivity index (χ3n) is 2.74. The second-order valence-electron chi connectivity index (χ2n) is 3.79. The van der Waals surface area contributed by atoms with Gasteiger partial charge in [0, 0.05) is 25.7 Å². The summed E-state index contributed by atoms with van der Waals surface area (Å²) in [6.07, 6.45) is 0. The van der Waals surface area contributed by atoms with Gasteiger partial charge in [-0.3, -0.25) is 0 Å². The number of anilines is 1. The van der Waals surface area contributed by atoms with E-state index in [1.165, 1.54) is 0 Å². The fraction of sp³-hybridized carbons (Fsp3) is 0.455. The van der Waals surface area contributed by atoms with Crippen molar-refractivity contribution in [2.24, 2.45) is 0 Å². The van der Waals surface area contributed by atoms with Gasteiger partial charge in [-0.05, 0) is 6.07 Å². The summed E-state index contributed by atoms with van der Waals surface area (Å²) in [6, 6.07) is 4.76. The summed E-state index contributed by atoms with van der Waals surface area (Å²) < 4.78 is 5.04. The maximum absolute atomic E-state index is 11.2. The number of carboxylic acid groups (broad SMARTS) is 1. The summed E-state index contributed by atoms with van der Waals surface area (Å²) in [4.78, 5) is 17.2. The molecule has 1 unspecified atom stereocenters. The maximum atomic E-state index is 11.2. The van der Waals surface area contributed by atoms with E-state index in [0.717, 1.165) is 6.54 Å². The summed E-state index contributed by atoms with van der Waals surface area (Å²) in [5.74, 6) is 0.283. The molecular weight excluding hydrogens is 222 g/mol.